The van der Waals surface area contributed by atoms with Gasteiger partial charge in [0.05, 0.1) is 0 Å². The van der Waals surface area contributed by atoms with Crippen molar-refractivity contribution in [2.24, 2.45) is 5.14 Å². The Labute approximate surface area is 75.9 Å². The van der Waals surface area contributed by atoms with Gasteiger partial charge in [-0.1, -0.05) is 16.6 Å². The largest absolute Gasteiger partial charge is 0.267 e. The van der Waals surface area contributed by atoms with Gasteiger partial charge in [0.1, 0.15) is 0 Å². The molecule has 1 aliphatic rings. The number of hydrogen-bond acceptors (Lipinski definition) is 9. The molecule has 2 heterocycles. The van der Waals surface area contributed by atoms with Crippen LogP contribution in [-0.4, -0.2) is 18.6 Å². The van der Waals surface area contributed by atoms with Crippen LogP contribution in [0.15, 0.2) is 4.34 Å². The molecule has 0 radical (unpaired) electrons. The Balaban J connectivity index is 2.27. The van der Waals surface area contributed by atoms with Crippen molar-refractivity contribution in [1.82, 2.24) is 15.8 Å². The van der Waals surface area contributed by atoms with Crippen molar-refractivity contribution in [3.63, 3.8) is 0 Å². The highest BCUT2D eigenvalue weighted by atomic mass is 32.2. The van der Waals surface area contributed by atoms with Crippen LogP contribution in [-0.2, 0) is 19.9 Å². The minimum Gasteiger partial charge on any atom is -0.223 e. The zero-order valence-corrected chi connectivity index (χ0v) is 7.50. The summed E-state index contributed by atoms with van der Waals surface area (Å²) in [6.45, 7) is 0. The van der Waals surface area contributed by atoms with Gasteiger partial charge in [-0.2, -0.15) is 0 Å². The quantitative estimate of drug-likeness (QED) is 0.610. The molecule has 0 saturated carbocycles. The minimum absolute atomic E-state index is 0.128. The monoisotopic (exact) mass is 225 g/mol. The summed E-state index contributed by atoms with van der Waals surface area (Å²) in [5.74, 6) is 0. The minimum atomic E-state index is -3.81. The molecule has 1 aromatic heterocycles. The SMILES string of the molecule is NS(=O)(=O)c1nnc(N2ONO2)s1. The Morgan fingerprint density at radius 2 is 2.15 bits per heavy atom. The number of nitrogens with one attached hydrogen (secondary N) is 1. The maximum Gasteiger partial charge on any atom is 0.267 e. The van der Waals surface area contributed by atoms with Crippen LogP contribution in [0.2, 0.25) is 0 Å². The number of nitrogens with zero attached hydrogens (tertiary/aromatic N) is 3. The van der Waals surface area contributed by atoms with Gasteiger partial charge in [0.25, 0.3) is 15.2 Å². The molecule has 9 nitrogen and oxygen atoms in total. The predicted molar refractivity (Wildman–Crippen MR) is 39.1 cm³/mol. The number of aromatic nitrogens is 2. The van der Waals surface area contributed by atoms with E-state index in [4.69, 9.17) is 5.14 Å². The van der Waals surface area contributed by atoms with Crippen LogP contribution >= 0.6 is 11.3 Å². The highest BCUT2D eigenvalue weighted by Crippen LogP contribution is 2.24. The normalized spacial score (nSPS) is 17.2. The second-order valence-electron chi connectivity index (χ2n) is 1.92. The molecule has 1 saturated heterocycles. The number of anilines is 1. The molecule has 0 bridgehead atoms. The van der Waals surface area contributed by atoms with E-state index in [-0.39, 0.29) is 9.47 Å². The lowest BCUT2D eigenvalue weighted by atomic mass is 11.3. The Kier molecular flexibility index (Phi) is 1.90. The second kappa shape index (κ2) is 2.83. The number of primary sulfonamides is 1. The molecule has 1 aliphatic heterocycles. The third kappa shape index (κ3) is 1.60. The van der Waals surface area contributed by atoms with Crippen LogP contribution in [0.3, 0.4) is 0 Å². The Morgan fingerprint density at radius 3 is 2.54 bits per heavy atom. The van der Waals surface area contributed by atoms with Gasteiger partial charge in [-0.25, -0.2) is 13.6 Å². The zero-order valence-electron chi connectivity index (χ0n) is 5.87. The number of hydrogen-bond donors (Lipinski definition) is 2. The van der Waals surface area contributed by atoms with Crippen LogP contribution in [0.5, 0.6) is 0 Å². The number of sulfonamides is 1. The van der Waals surface area contributed by atoms with E-state index >= 15 is 0 Å². The van der Waals surface area contributed by atoms with E-state index in [9.17, 15) is 8.42 Å². The number of rotatable bonds is 2. The molecule has 1 fully saturated rings. The highest BCUT2D eigenvalue weighted by molar-refractivity contribution is 7.91. The standard InChI is InChI=1S/C2H3N5O4S2/c3-13(8,9)2-5-4-1(12-2)7-10-6-11-7/h6H,(H2,3,8,9). The summed E-state index contributed by atoms with van der Waals surface area (Å²) in [4.78, 5) is 8.95. The van der Waals surface area contributed by atoms with Gasteiger partial charge in [-0.15, -0.1) is 20.1 Å². The zero-order chi connectivity index (χ0) is 9.47. The average molecular weight is 225 g/mol. The third-order valence-electron chi connectivity index (χ3n) is 1.04. The number of nitrogens with two attached hydrogens (primary N) is 1. The van der Waals surface area contributed by atoms with E-state index in [1.165, 1.54) is 0 Å². The topological polar surface area (TPSA) is 120 Å². The maximum absolute atomic E-state index is 10.7. The van der Waals surface area contributed by atoms with Crippen LogP contribution in [0, 0.1) is 0 Å². The van der Waals surface area contributed by atoms with Gasteiger partial charge in [-0.05, 0) is 5.64 Å². The lowest BCUT2D eigenvalue weighted by Crippen LogP contribution is -2.46. The molecule has 1 aromatic rings. The van der Waals surface area contributed by atoms with Gasteiger partial charge < -0.3 is 0 Å². The van der Waals surface area contributed by atoms with Crippen LogP contribution in [0.1, 0.15) is 0 Å². The maximum atomic E-state index is 10.7. The summed E-state index contributed by atoms with van der Waals surface area (Å²) in [6, 6.07) is 0. The van der Waals surface area contributed by atoms with Gasteiger partial charge in [0, 0.05) is 0 Å². The van der Waals surface area contributed by atoms with Crippen LogP contribution in [0.4, 0.5) is 5.13 Å². The first-order valence-corrected chi connectivity index (χ1v) is 5.19. The summed E-state index contributed by atoms with van der Waals surface area (Å²) in [6.07, 6.45) is 0. The molecule has 3 N–H and O–H groups in total. The Hall–Kier alpha value is -0.850. The van der Waals surface area contributed by atoms with E-state index in [0.717, 1.165) is 16.6 Å². The fraction of sp³-hybridized carbons (Fsp3) is 0. The summed E-state index contributed by atoms with van der Waals surface area (Å²) in [7, 11) is -3.81. The van der Waals surface area contributed by atoms with E-state index in [1.807, 2.05) is 5.64 Å². The Morgan fingerprint density at radius 1 is 1.46 bits per heavy atom. The molecule has 0 amide bonds. The van der Waals surface area contributed by atoms with Crippen molar-refractivity contribution >= 4 is 26.5 Å². The van der Waals surface area contributed by atoms with Gasteiger partial charge in [0.2, 0.25) is 4.34 Å². The third-order valence-corrected chi connectivity index (χ3v) is 3.22. The van der Waals surface area contributed by atoms with Gasteiger partial charge in [0.15, 0.2) is 0 Å². The molecule has 0 aliphatic carbocycles. The molecular formula is C2H3N5O4S2. The van der Waals surface area contributed by atoms with Crippen molar-refractivity contribution in [3.05, 3.63) is 0 Å². The van der Waals surface area contributed by atoms with Gasteiger partial charge in [-0.3, -0.25) is 0 Å². The molecular weight excluding hydrogens is 222 g/mol. The molecule has 0 spiro atoms. The van der Waals surface area contributed by atoms with Crippen LogP contribution < -0.4 is 16.0 Å². The first-order valence-electron chi connectivity index (χ1n) is 2.83. The van der Waals surface area contributed by atoms with E-state index in [1.54, 1.807) is 0 Å². The summed E-state index contributed by atoms with van der Waals surface area (Å²) in [5, 5.41) is 12.5. The molecule has 72 valence electrons. The first kappa shape index (κ1) is 8.74. The van der Waals surface area contributed by atoms with Crippen molar-refractivity contribution in [3.8, 4) is 0 Å². The fourth-order valence-corrected chi connectivity index (χ4v) is 1.86. The molecule has 2 rings (SSSR count). The molecule has 0 aromatic carbocycles. The molecule has 11 heteroatoms. The van der Waals surface area contributed by atoms with Crippen molar-refractivity contribution < 1.29 is 18.3 Å². The van der Waals surface area contributed by atoms with Gasteiger partial charge >= 0.3 is 0 Å². The molecule has 0 unspecified atom stereocenters. The van der Waals surface area contributed by atoms with E-state index < -0.39 is 10.0 Å². The van der Waals surface area contributed by atoms with E-state index in [2.05, 4.69) is 20.1 Å². The molecule has 13 heavy (non-hydrogen) atoms. The highest BCUT2D eigenvalue weighted by Gasteiger charge is 2.25. The summed E-state index contributed by atoms with van der Waals surface area (Å²) in [5.41, 5.74) is 1.99. The van der Waals surface area contributed by atoms with Crippen molar-refractivity contribution in [1.29, 1.82) is 0 Å². The summed E-state index contributed by atoms with van der Waals surface area (Å²) < 4.78 is 21.2. The smallest absolute Gasteiger partial charge is 0.223 e. The predicted octanol–water partition coefficient (Wildman–Crippen LogP) is -1.71. The van der Waals surface area contributed by atoms with Crippen molar-refractivity contribution in [2.45, 2.75) is 4.34 Å². The summed E-state index contributed by atoms with van der Waals surface area (Å²) >= 11 is 0.724. The van der Waals surface area contributed by atoms with Crippen LogP contribution in [0.25, 0.3) is 0 Å². The fourth-order valence-electron chi connectivity index (χ4n) is 0.544. The van der Waals surface area contributed by atoms with Crippen molar-refractivity contribution in [2.75, 3.05) is 5.23 Å². The van der Waals surface area contributed by atoms with E-state index in [0.29, 0.717) is 0 Å². The first-order chi connectivity index (χ1) is 6.07. The lowest BCUT2D eigenvalue weighted by molar-refractivity contribution is -0.376. The lowest BCUT2D eigenvalue weighted by Gasteiger charge is -2.24. The Bertz CT molecular complexity index is 408. The molecule has 0 atom stereocenters. The average Bonchev–Trinajstić information content (AvgIpc) is 2.29. The second-order valence-corrected chi connectivity index (χ2v) is 4.61.